The molecule has 0 aliphatic carbocycles. The molecule has 94 valence electrons. The first-order chi connectivity index (χ1) is 8.63. The molecule has 0 bridgehead atoms. The van der Waals surface area contributed by atoms with Crippen molar-refractivity contribution < 1.29 is 4.39 Å². The number of hydrogen-bond donors (Lipinski definition) is 0. The average Bonchev–Trinajstić information content (AvgIpc) is 2.38. The first-order valence-electron chi connectivity index (χ1n) is 5.77. The van der Waals surface area contributed by atoms with Crippen LogP contribution >= 0.6 is 15.9 Å². The van der Waals surface area contributed by atoms with Crippen LogP contribution in [0.25, 0.3) is 0 Å². The minimum Gasteiger partial charge on any atom is -0.342 e. The molecular weight excluding hydrogens is 293 g/mol. The van der Waals surface area contributed by atoms with Crippen LogP contribution in [0.15, 0.2) is 42.5 Å². The van der Waals surface area contributed by atoms with Gasteiger partial charge in [-0.05, 0) is 36.2 Å². The highest BCUT2D eigenvalue weighted by Gasteiger charge is 2.10. The minimum absolute atomic E-state index is 0.205. The normalized spacial score (nSPS) is 10.4. The maximum Gasteiger partial charge on any atom is 0.146 e. The number of nitrogens with zero attached hydrogens (tertiary/aromatic N) is 1. The van der Waals surface area contributed by atoms with E-state index in [4.69, 9.17) is 0 Å². The molecule has 0 aromatic heterocycles. The zero-order valence-corrected chi connectivity index (χ0v) is 12.0. The minimum atomic E-state index is -0.205. The number of halogens is 2. The van der Waals surface area contributed by atoms with Crippen molar-refractivity contribution in [2.75, 3.05) is 11.9 Å². The lowest BCUT2D eigenvalue weighted by atomic mass is 10.1. The Balaban J connectivity index is 2.40. The van der Waals surface area contributed by atoms with Gasteiger partial charge in [0.1, 0.15) is 5.82 Å². The molecule has 0 amide bonds. The Bertz CT molecular complexity index is 554. The van der Waals surface area contributed by atoms with Crippen molar-refractivity contribution in [2.45, 2.75) is 12.3 Å². The van der Waals surface area contributed by atoms with Crippen molar-refractivity contribution >= 4 is 27.3 Å². The molecule has 2 aromatic carbocycles. The molecule has 0 spiro atoms. The summed E-state index contributed by atoms with van der Waals surface area (Å²) in [4.78, 5) is 1.88. The maximum absolute atomic E-state index is 13.8. The molecule has 0 saturated heterocycles. The van der Waals surface area contributed by atoms with Gasteiger partial charge >= 0.3 is 0 Å². The van der Waals surface area contributed by atoms with Crippen LogP contribution in [-0.2, 0) is 5.33 Å². The lowest BCUT2D eigenvalue weighted by molar-refractivity contribution is 0.627. The number of rotatable bonds is 3. The summed E-state index contributed by atoms with van der Waals surface area (Å²) in [6.45, 7) is 2.04. The first kappa shape index (κ1) is 13.1. The van der Waals surface area contributed by atoms with Gasteiger partial charge in [-0.2, -0.15) is 0 Å². The zero-order chi connectivity index (χ0) is 13.1. The Morgan fingerprint density at radius 2 is 1.83 bits per heavy atom. The topological polar surface area (TPSA) is 3.24 Å². The molecule has 0 unspecified atom stereocenters. The van der Waals surface area contributed by atoms with Crippen LogP contribution in [0.4, 0.5) is 15.8 Å². The van der Waals surface area contributed by atoms with Gasteiger partial charge in [-0.25, -0.2) is 4.39 Å². The highest BCUT2D eigenvalue weighted by Crippen LogP contribution is 2.29. The summed E-state index contributed by atoms with van der Waals surface area (Å²) >= 11 is 3.44. The summed E-state index contributed by atoms with van der Waals surface area (Å²) < 4.78 is 13.8. The van der Waals surface area contributed by atoms with Crippen molar-refractivity contribution in [2.24, 2.45) is 0 Å². The SMILES string of the molecule is Cc1cc(CBr)ccc1N(C)c1ccccc1F. The third kappa shape index (κ3) is 2.56. The third-order valence-corrected chi connectivity index (χ3v) is 3.64. The molecule has 3 heteroatoms. The van der Waals surface area contributed by atoms with Gasteiger partial charge in [-0.1, -0.05) is 40.2 Å². The number of anilines is 2. The molecule has 0 saturated carbocycles. The van der Waals surface area contributed by atoms with E-state index in [1.54, 1.807) is 12.1 Å². The summed E-state index contributed by atoms with van der Waals surface area (Å²) in [5.41, 5.74) is 3.97. The number of hydrogen-bond acceptors (Lipinski definition) is 1. The largest absolute Gasteiger partial charge is 0.342 e. The third-order valence-electron chi connectivity index (χ3n) is 2.99. The molecule has 0 aliphatic heterocycles. The van der Waals surface area contributed by atoms with Gasteiger partial charge in [0.25, 0.3) is 0 Å². The van der Waals surface area contributed by atoms with Gasteiger partial charge in [0.2, 0.25) is 0 Å². The van der Waals surface area contributed by atoms with E-state index in [2.05, 4.69) is 28.1 Å². The summed E-state index contributed by atoms with van der Waals surface area (Å²) in [7, 11) is 1.88. The molecule has 0 atom stereocenters. The second-order valence-electron chi connectivity index (χ2n) is 4.26. The van der Waals surface area contributed by atoms with Gasteiger partial charge in [-0.3, -0.25) is 0 Å². The van der Waals surface area contributed by atoms with Crippen molar-refractivity contribution in [3.05, 3.63) is 59.4 Å². The van der Waals surface area contributed by atoms with Gasteiger partial charge in [0.05, 0.1) is 5.69 Å². The summed E-state index contributed by atoms with van der Waals surface area (Å²) in [5, 5.41) is 0.831. The first-order valence-corrected chi connectivity index (χ1v) is 6.89. The fourth-order valence-corrected chi connectivity index (χ4v) is 2.38. The van der Waals surface area contributed by atoms with Gasteiger partial charge in [0, 0.05) is 18.1 Å². The molecule has 1 nitrogen and oxygen atoms in total. The van der Waals surface area contributed by atoms with E-state index in [-0.39, 0.29) is 5.82 Å². The Morgan fingerprint density at radius 1 is 1.11 bits per heavy atom. The Hall–Kier alpha value is -1.35. The second-order valence-corrected chi connectivity index (χ2v) is 4.83. The van der Waals surface area contributed by atoms with Crippen molar-refractivity contribution in [1.82, 2.24) is 0 Å². The molecule has 0 aliphatic rings. The summed E-state index contributed by atoms with van der Waals surface area (Å²) in [5.74, 6) is -0.205. The van der Waals surface area contributed by atoms with Crippen molar-refractivity contribution in [3.8, 4) is 0 Å². The predicted octanol–water partition coefficient (Wildman–Crippen LogP) is 4.80. The smallest absolute Gasteiger partial charge is 0.146 e. The molecule has 18 heavy (non-hydrogen) atoms. The molecular formula is C15H15BrFN. The van der Waals surface area contributed by atoms with Crippen LogP contribution in [0.2, 0.25) is 0 Å². The van der Waals surface area contributed by atoms with Crippen LogP contribution in [0, 0.1) is 12.7 Å². The number of para-hydroxylation sites is 1. The fraction of sp³-hybridized carbons (Fsp3) is 0.200. The number of aryl methyl sites for hydroxylation is 1. The van der Waals surface area contributed by atoms with E-state index in [9.17, 15) is 4.39 Å². The van der Waals surface area contributed by atoms with Gasteiger partial charge < -0.3 is 4.90 Å². The maximum atomic E-state index is 13.8. The highest BCUT2D eigenvalue weighted by atomic mass is 79.9. The van der Waals surface area contributed by atoms with E-state index in [1.807, 2.05) is 31.0 Å². The Kier molecular flexibility index (Phi) is 4.02. The van der Waals surface area contributed by atoms with E-state index >= 15 is 0 Å². The predicted molar refractivity (Wildman–Crippen MR) is 78.3 cm³/mol. The van der Waals surface area contributed by atoms with E-state index < -0.39 is 0 Å². The van der Waals surface area contributed by atoms with E-state index in [0.717, 1.165) is 16.6 Å². The van der Waals surface area contributed by atoms with Crippen LogP contribution in [0.3, 0.4) is 0 Å². The lowest BCUT2D eigenvalue weighted by Crippen LogP contribution is -2.12. The molecule has 0 N–H and O–H groups in total. The molecule has 0 heterocycles. The second kappa shape index (κ2) is 5.53. The summed E-state index contributed by atoms with van der Waals surface area (Å²) in [6.07, 6.45) is 0. The Morgan fingerprint density at radius 3 is 2.44 bits per heavy atom. The van der Waals surface area contributed by atoms with Crippen LogP contribution < -0.4 is 4.90 Å². The molecule has 0 radical (unpaired) electrons. The van der Waals surface area contributed by atoms with E-state index in [0.29, 0.717) is 5.69 Å². The van der Waals surface area contributed by atoms with Gasteiger partial charge in [-0.15, -0.1) is 0 Å². The van der Waals surface area contributed by atoms with E-state index in [1.165, 1.54) is 11.6 Å². The molecule has 0 fully saturated rings. The monoisotopic (exact) mass is 307 g/mol. The standard InChI is InChI=1S/C15H15BrFN/c1-11-9-12(10-16)7-8-14(11)18(2)15-6-4-3-5-13(15)17/h3-9H,10H2,1-2H3. The number of benzene rings is 2. The van der Waals surface area contributed by atoms with Crippen molar-refractivity contribution in [3.63, 3.8) is 0 Å². The molecule has 2 rings (SSSR count). The lowest BCUT2D eigenvalue weighted by Gasteiger charge is -2.22. The fourth-order valence-electron chi connectivity index (χ4n) is 2.03. The zero-order valence-electron chi connectivity index (χ0n) is 10.5. The van der Waals surface area contributed by atoms with Crippen molar-refractivity contribution in [1.29, 1.82) is 0 Å². The Labute approximate surface area is 115 Å². The highest BCUT2D eigenvalue weighted by molar-refractivity contribution is 9.08. The quantitative estimate of drug-likeness (QED) is 0.736. The summed E-state index contributed by atoms with van der Waals surface area (Å²) in [6, 6.07) is 13.0. The average molecular weight is 308 g/mol. The van der Waals surface area contributed by atoms with Crippen LogP contribution in [-0.4, -0.2) is 7.05 Å². The number of alkyl halides is 1. The van der Waals surface area contributed by atoms with Crippen LogP contribution in [0.5, 0.6) is 0 Å². The van der Waals surface area contributed by atoms with Gasteiger partial charge in [0.15, 0.2) is 0 Å². The molecule has 2 aromatic rings. The van der Waals surface area contributed by atoms with Crippen LogP contribution in [0.1, 0.15) is 11.1 Å².